The van der Waals surface area contributed by atoms with Gasteiger partial charge in [0, 0.05) is 7.05 Å². The van der Waals surface area contributed by atoms with Crippen molar-refractivity contribution >= 4 is 17.6 Å². The van der Waals surface area contributed by atoms with Crippen LogP contribution in [0, 0.1) is 0 Å². The quantitative estimate of drug-likeness (QED) is 0.896. The number of aromatic nitrogens is 2. The van der Waals surface area contributed by atoms with Gasteiger partial charge in [0.05, 0.1) is 0 Å². The maximum Gasteiger partial charge on any atom is 0.422 e. The smallest absolute Gasteiger partial charge is 0.422 e. The summed E-state index contributed by atoms with van der Waals surface area (Å²) in [6, 6.07) is 0. The first kappa shape index (κ1) is 12.6. The van der Waals surface area contributed by atoms with Crippen molar-refractivity contribution in [2.45, 2.75) is 6.18 Å². The van der Waals surface area contributed by atoms with E-state index in [9.17, 15) is 18.0 Å². The second-order valence-electron chi connectivity index (χ2n) is 2.80. The van der Waals surface area contributed by atoms with Gasteiger partial charge >= 0.3 is 12.1 Å². The molecule has 1 aromatic rings. The molecule has 0 fully saturated rings. The summed E-state index contributed by atoms with van der Waals surface area (Å²) in [6.45, 7) is -1.58. The Kier molecular flexibility index (Phi) is 3.32. The second-order valence-corrected chi connectivity index (χ2v) is 3.18. The highest BCUT2D eigenvalue weighted by molar-refractivity contribution is 6.34. The van der Waals surface area contributed by atoms with Gasteiger partial charge in [-0.25, -0.2) is 4.79 Å². The van der Waals surface area contributed by atoms with Crippen LogP contribution in [0.4, 0.5) is 13.2 Å². The maximum atomic E-state index is 11.8. The fourth-order valence-electron chi connectivity index (χ4n) is 0.948. The third-order valence-electron chi connectivity index (χ3n) is 1.54. The van der Waals surface area contributed by atoms with Crippen molar-refractivity contribution in [2.24, 2.45) is 7.05 Å². The SMILES string of the molecule is Cn1nc(OCC(F)(F)F)c(Cl)c1C(=O)O. The zero-order valence-corrected chi connectivity index (χ0v) is 8.63. The number of hydrogen-bond acceptors (Lipinski definition) is 3. The van der Waals surface area contributed by atoms with E-state index in [0.29, 0.717) is 0 Å². The number of carboxylic acids is 1. The van der Waals surface area contributed by atoms with Crippen molar-refractivity contribution in [1.82, 2.24) is 9.78 Å². The fraction of sp³-hybridized carbons (Fsp3) is 0.429. The van der Waals surface area contributed by atoms with Crippen molar-refractivity contribution in [2.75, 3.05) is 6.61 Å². The Morgan fingerprint density at radius 3 is 2.56 bits per heavy atom. The predicted octanol–water partition coefficient (Wildman–Crippen LogP) is 1.71. The minimum atomic E-state index is -4.54. The van der Waals surface area contributed by atoms with E-state index in [0.717, 1.165) is 4.68 Å². The molecule has 0 aliphatic rings. The summed E-state index contributed by atoms with van der Waals surface area (Å²) in [5.74, 6) is -1.96. The molecule has 0 aliphatic heterocycles. The summed E-state index contributed by atoms with van der Waals surface area (Å²) in [4.78, 5) is 10.6. The van der Waals surface area contributed by atoms with Crippen LogP contribution in [0.15, 0.2) is 0 Å². The molecular weight excluding hydrogens is 253 g/mol. The Bertz CT molecular complexity index is 416. The summed E-state index contributed by atoms with van der Waals surface area (Å²) < 4.78 is 40.6. The van der Waals surface area contributed by atoms with Gasteiger partial charge in [-0.05, 0) is 0 Å². The molecule has 1 heterocycles. The first-order valence-electron chi connectivity index (χ1n) is 3.87. The molecule has 16 heavy (non-hydrogen) atoms. The minimum absolute atomic E-state index is 0.432. The standard InChI is InChI=1S/C7H6ClF3N2O3/c1-13-4(6(14)15)3(8)5(12-13)16-2-7(9,10)11/h2H2,1H3,(H,14,15). The minimum Gasteiger partial charge on any atom is -0.476 e. The fourth-order valence-corrected chi connectivity index (χ4v) is 1.24. The average molecular weight is 259 g/mol. The number of carbonyl (C=O) groups is 1. The number of alkyl halides is 3. The number of ether oxygens (including phenoxy) is 1. The number of carboxylic acid groups (broad SMARTS) is 1. The van der Waals surface area contributed by atoms with Gasteiger partial charge in [-0.15, -0.1) is 5.10 Å². The molecule has 0 unspecified atom stereocenters. The van der Waals surface area contributed by atoms with Crippen LogP contribution in [0.3, 0.4) is 0 Å². The van der Waals surface area contributed by atoms with Crippen molar-refractivity contribution in [3.8, 4) is 5.88 Å². The molecule has 5 nitrogen and oxygen atoms in total. The lowest BCUT2D eigenvalue weighted by atomic mass is 10.4. The lowest BCUT2D eigenvalue weighted by molar-refractivity contribution is -0.154. The van der Waals surface area contributed by atoms with E-state index in [-0.39, 0.29) is 0 Å². The van der Waals surface area contributed by atoms with Gasteiger partial charge in [0.2, 0.25) is 0 Å². The second kappa shape index (κ2) is 4.20. The highest BCUT2D eigenvalue weighted by atomic mass is 35.5. The van der Waals surface area contributed by atoms with E-state index in [1.165, 1.54) is 7.05 Å². The number of halogens is 4. The van der Waals surface area contributed by atoms with Gasteiger partial charge in [-0.3, -0.25) is 4.68 Å². The monoisotopic (exact) mass is 258 g/mol. The highest BCUT2D eigenvalue weighted by Crippen LogP contribution is 2.28. The lowest BCUT2D eigenvalue weighted by Crippen LogP contribution is -2.19. The maximum absolute atomic E-state index is 11.8. The van der Waals surface area contributed by atoms with Gasteiger partial charge in [0.15, 0.2) is 12.3 Å². The summed E-state index contributed by atoms with van der Waals surface area (Å²) in [6.07, 6.45) is -4.54. The van der Waals surface area contributed by atoms with E-state index < -0.39 is 35.3 Å². The molecule has 0 atom stereocenters. The molecular formula is C7H6ClF3N2O3. The molecule has 0 saturated heterocycles. The highest BCUT2D eigenvalue weighted by Gasteiger charge is 2.30. The van der Waals surface area contributed by atoms with Gasteiger partial charge in [0.25, 0.3) is 5.88 Å². The summed E-state index contributed by atoms with van der Waals surface area (Å²) in [7, 11) is 1.23. The summed E-state index contributed by atoms with van der Waals surface area (Å²) in [5.41, 5.74) is -0.432. The van der Waals surface area contributed by atoms with Crippen LogP contribution in [-0.2, 0) is 7.05 Å². The van der Waals surface area contributed by atoms with E-state index in [1.54, 1.807) is 0 Å². The van der Waals surface area contributed by atoms with Crippen LogP contribution < -0.4 is 4.74 Å². The zero-order chi connectivity index (χ0) is 12.5. The first-order chi connectivity index (χ1) is 7.22. The zero-order valence-electron chi connectivity index (χ0n) is 7.88. The average Bonchev–Trinajstić information content (AvgIpc) is 2.36. The Morgan fingerprint density at radius 2 is 2.19 bits per heavy atom. The third-order valence-corrected chi connectivity index (χ3v) is 1.88. The molecule has 0 aliphatic carbocycles. The van der Waals surface area contributed by atoms with Crippen LogP contribution in [0.2, 0.25) is 5.02 Å². The molecule has 90 valence electrons. The Labute approximate surface area is 92.4 Å². The normalized spacial score (nSPS) is 11.6. The van der Waals surface area contributed by atoms with Crippen molar-refractivity contribution in [3.05, 3.63) is 10.7 Å². The van der Waals surface area contributed by atoms with Crippen molar-refractivity contribution in [1.29, 1.82) is 0 Å². The lowest BCUT2D eigenvalue weighted by Gasteiger charge is -2.06. The Hall–Kier alpha value is -1.44. The molecule has 0 radical (unpaired) electrons. The van der Waals surface area contributed by atoms with Crippen molar-refractivity contribution in [3.63, 3.8) is 0 Å². The Balaban J connectivity index is 2.91. The van der Waals surface area contributed by atoms with Gasteiger partial charge in [-0.2, -0.15) is 13.2 Å². The van der Waals surface area contributed by atoms with Crippen LogP contribution in [-0.4, -0.2) is 33.6 Å². The molecule has 1 rings (SSSR count). The van der Waals surface area contributed by atoms with Gasteiger partial charge in [0.1, 0.15) is 5.02 Å². The summed E-state index contributed by atoms with van der Waals surface area (Å²) in [5, 5.41) is 11.6. The molecule has 0 saturated carbocycles. The Morgan fingerprint density at radius 1 is 1.62 bits per heavy atom. The molecule has 0 aromatic carbocycles. The van der Waals surface area contributed by atoms with Gasteiger partial charge < -0.3 is 9.84 Å². The van der Waals surface area contributed by atoms with E-state index >= 15 is 0 Å². The van der Waals surface area contributed by atoms with Crippen LogP contribution in [0.25, 0.3) is 0 Å². The molecule has 9 heteroatoms. The van der Waals surface area contributed by atoms with Crippen LogP contribution in [0.5, 0.6) is 5.88 Å². The van der Waals surface area contributed by atoms with E-state index in [1.807, 2.05) is 0 Å². The van der Waals surface area contributed by atoms with Crippen LogP contribution in [0.1, 0.15) is 10.5 Å². The molecule has 1 aromatic heterocycles. The molecule has 0 spiro atoms. The van der Waals surface area contributed by atoms with Gasteiger partial charge in [-0.1, -0.05) is 11.6 Å². The number of hydrogen-bond donors (Lipinski definition) is 1. The first-order valence-corrected chi connectivity index (χ1v) is 4.25. The summed E-state index contributed by atoms with van der Waals surface area (Å²) >= 11 is 5.50. The van der Waals surface area contributed by atoms with E-state index in [4.69, 9.17) is 16.7 Å². The predicted molar refractivity (Wildman–Crippen MR) is 46.7 cm³/mol. The molecule has 0 bridgehead atoms. The topological polar surface area (TPSA) is 64.4 Å². The number of aryl methyl sites for hydroxylation is 1. The third kappa shape index (κ3) is 2.78. The van der Waals surface area contributed by atoms with Crippen molar-refractivity contribution < 1.29 is 27.8 Å². The molecule has 0 amide bonds. The van der Waals surface area contributed by atoms with Crippen LogP contribution >= 0.6 is 11.6 Å². The van der Waals surface area contributed by atoms with E-state index in [2.05, 4.69) is 9.84 Å². The largest absolute Gasteiger partial charge is 0.476 e. The number of nitrogens with zero attached hydrogens (tertiary/aromatic N) is 2. The number of aromatic carboxylic acids is 1. The number of rotatable bonds is 3. The molecule has 1 N–H and O–H groups in total.